The van der Waals surface area contributed by atoms with Gasteiger partial charge in [-0.05, 0) is 12.3 Å². The van der Waals surface area contributed by atoms with E-state index in [1.807, 2.05) is 6.92 Å². The zero-order valence-electron chi connectivity index (χ0n) is 5.99. The van der Waals surface area contributed by atoms with E-state index in [0.717, 1.165) is 25.7 Å². The van der Waals surface area contributed by atoms with Gasteiger partial charge in [-0.25, -0.2) is 0 Å². The molecule has 1 fully saturated rings. The highest BCUT2D eigenvalue weighted by Gasteiger charge is 2.27. The van der Waals surface area contributed by atoms with E-state index in [1.165, 1.54) is 0 Å². The Labute approximate surface area is 60.0 Å². The van der Waals surface area contributed by atoms with Crippen LogP contribution in [0.15, 0.2) is 0 Å². The van der Waals surface area contributed by atoms with Crippen molar-refractivity contribution in [3.63, 3.8) is 0 Å². The maximum Gasteiger partial charge on any atom is 0.210 e. The standard InChI is InChI=1S/C7H11NO2/c1-6-2-7(4-9)8(3-6)5-10/h4-7H,2-3H2,1H3/t6-,7-/m0/s1. The summed E-state index contributed by atoms with van der Waals surface area (Å²) in [5.41, 5.74) is 0. The van der Waals surface area contributed by atoms with Gasteiger partial charge in [0.1, 0.15) is 6.29 Å². The third-order valence-corrected chi connectivity index (χ3v) is 1.88. The Morgan fingerprint density at radius 3 is 2.60 bits per heavy atom. The number of carbonyl (C=O) groups is 2. The van der Waals surface area contributed by atoms with Crippen LogP contribution in [0, 0.1) is 5.92 Å². The molecule has 0 spiro atoms. The fraction of sp³-hybridized carbons (Fsp3) is 0.714. The Hall–Kier alpha value is -0.860. The fourth-order valence-electron chi connectivity index (χ4n) is 1.37. The summed E-state index contributed by atoms with van der Waals surface area (Å²) < 4.78 is 0. The summed E-state index contributed by atoms with van der Waals surface area (Å²) in [7, 11) is 0. The number of likely N-dealkylation sites (tertiary alicyclic amines) is 1. The Balaban J connectivity index is 2.56. The average molecular weight is 141 g/mol. The van der Waals surface area contributed by atoms with Gasteiger partial charge in [0, 0.05) is 6.54 Å². The Morgan fingerprint density at radius 2 is 2.20 bits per heavy atom. The highest BCUT2D eigenvalue weighted by atomic mass is 16.1. The van der Waals surface area contributed by atoms with Crippen LogP contribution in [0.1, 0.15) is 13.3 Å². The van der Waals surface area contributed by atoms with Gasteiger partial charge in [0.15, 0.2) is 0 Å². The molecule has 56 valence electrons. The van der Waals surface area contributed by atoms with Gasteiger partial charge in [0.25, 0.3) is 0 Å². The number of carbonyl (C=O) groups excluding carboxylic acids is 2. The minimum atomic E-state index is -0.160. The molecule has 0 unspecified atom stereocenters. The predicted molar refractivity (Wildman–Crippen MR) is 36.4 cm³/mol. The van der Waals surface area contributed by atoms with Gasteiger partial charge < -0.3 is 9.69 Å². The lowest BCUT2D eigenvalue weighted by Crippen LogP contribution is -2.28. The molecule has 0 bridgehead atoms. The predicted octanol–water partition coefficient (Wildman–Crippen LogP) is 0.0521. The molecule has 1 aliphatic heterocycles. The topological polar surface area (TPSA) is 37.4 Å². The molecule has 1 aliphatic rings. The van der Waals surface area contributed by atoms with Crippen LogP contribution in [-0.4, -0.2) is 30.2 Å². The first-order valence-electron chi connectivity index (χ1n) is 3.44. The number of rotatable bonds is 2. The minimum Gasteiger partial charge on any atom is -0.335 e. The van der Waals surface area contributed by atoms with Crippen LogP contribution in [0.5, 0.6) is 0 Å². The maximum absolute atomic E-state index is 10.3. The van der Waals surface area contributed by atoms with Crippen molar-refractivity contribution in [1.82, 2.24) is 4.90 Å². The molecule has 1 heterocycles. The van der Waals surface area contributed by atoms with E-state index in [1.54, 1.807) is 4.90 Å². The van der Waals surface area contributed by atoms with Crippen LogP contribution in [-0.2, 0) is 9.59 Å². The van der Waals surface area contributed by atoms with Gasteiger partial charge >= 0.3 is 0 Å². The molecule has 0 N–H and O–H groups in total. The zero-order valence-corrected chi connectivity index (χ0v) is 5.99. The van der Waals surface area contributed by atoms with Crippen molar-refractivity contribution < 1.29 is 9.59 Å². The highest BCUT2D eigenvalue weighted by Crippen LogP contribution is 2.18. The molecule has 3 nitrogen and oxygen atoms in total. The normalized spacial score (nSPS) is 32.3. The number of nitrogens with zero attached hydrogens (tertiary/aromatic N) is 1. The van der Waals surface area contributed by atoms with E-state index >= 15 is 0 Å². The lowest BCUT2D eigenvalue weighted by molar-refractivity contribution is -0.123. The van der Waals surface area contributed by atoms with Crippen LogP contribution in [0.4, 0.5) is 0 Å². The summed E-state index contributed by atoms with van der Waals surface area (Å²) in [5.74, 6) is 0.473. The third-order valence-electron chi connectivity index (χ3n) is 1.88. The molecule has 0 saturated carbocycles. The second kappa shape index (κ2) is 2.82. The van der Waals surface area contributed by atoms with Gasteiger partial charge in [-0.3, -0.25) is 4.79 Å². The van der Waals surface area contributed by atoms with Gasteiger partial charge in [-0.2, -0.15) is 0 Å². The lowest BCUT2D eigenvalue weighted by Gasteiger charge is -2.12. The molecule has 0 aromatic rings. The molecule has 1 saturated heterocycles. The molecular formula is C7H11NO2. The summed E-state index contributed by atoms with van der Waals surface area (Å²) in [6.45, 7) is 2.77. The molecular weight excluding hydrogens is 130 g/mol. The van der Waals surface area contributed by atoms with Crippen LogP contribution in [0.3, 0.4) is 0 Å². The summed E-state index contributed by atoms with van der Waals surface area (Å²) in [6, 6.07) is -0.160. The molecule has 10 heavy (non-hydrogen) atoms. The van der Waals surface area contributed by atoms with Crippen LogP contribution >= 0.6 is 0 Å². The Bertz CT molecular complexity index is 131. The number of hydrogen-bond donors (Lipinski definition) is 0. The molecule has 3 heteroatoms. The third kappa shape index (κ3) is 1.17. The van der Waals surface area contributed by atoms with E-state index in [2.05, 4.69) is 0 Å². The zero-order chi connectivity index (χ0) is 7.56. The average Bonchev–Trinajstić information content (AvgIpc) is 2.30. The van der Waals surface area contributed by atoms with Crippen molar-refractivity contribution >= 4 is 12.7 Å². The fourth-order valence-corrected chi connectivity index (χ4v) is 1.37. The van der Waals surface area contributed by atoms with Crippen molar-refractivity contribution in [3.05, 3.63) is 0 Å². The molecule has 0 aromatic carbocycles. The summed E-state index contributed by atoms with van der Waals surface area (Å²) in [5, 5.41) is 0. The molecule has 0 radical (unpaired) electrons. The SMILES string of the molecule is C[C@H]1C[C@@H](C=O)N(C=O)C1. The highest BCUT2D eigenvalue weighted by molar-refractivity contribution is 5.64. The van der Waals surface area contributed by atoms with E-state index in [-0.39, 0.29) is 6.04 Å². The number of aldehydes is 1. The first-order valence-corrected chi connectivity index (χ1v) is 3.44. The number of amides is 1. The van der Waals surface area contributed by atoms with E-state index < -0.39 is 0 Å². The van der Waals surface area contributed by atoms with Crippen molar-refractivity contribution in [3.8, 4) is 0 Å². The lowest BCUT2D eigenvalue weighted by atomic mass is 10.1. The van der Waals surface area contributed by atoms with Crippen molar-refractivity contribution in [2.24, 2.45) is 5.92 Å². The Kier molecular flexibility index (Phi) is 2.04. The van der Waals surface area contributed by atoms with Gasteiger partial charge in [0.05, 0.1) is 6.04 Å². The van der Waals surface area contributed by atoms with Crippen LogP contribution in [0.2, 0.25) is 0 Å². The van der Waals surface area contributed by atoms with Gasteiger partial charge in [-0.15, -0.1) is 0 Å². The van der Waals surface area contributed by atoms with E-state index in [0.29, 0.717) is 5.92 Å². The summed E-state index contributed by atoms with van der Waals surface area (Å²) in [6.07, 6.45) is 2.42. The second-order valence-corrected chi connectivity index (χ2v) is 2.85. The smallest absolute Gasteiger partial charge is 0.210 e. The van der Waals surface area contributed by atoms with Gasteiger partial charge in [0.2, 0.25) is 6.41 Å². The molecule has 0 aliphatic carbocycles. The van der Waals surface area contributed by atoms with E-state index in [9.17, 15) is 9.59 Å². The van der Waals surface area contributed by atoms with Crippen molar-refractivity contribution in [2.75, 3.05) is 6.54 Å². The first kappa shape index (κ1) is 7.25. The number of hydrogen-bond acceptors (Lipinski definition) is 2. The quantitative estimate of drug-likeness (QED) is 0.510. The maximum atomic E-state index is 10.3. The Morgan fingerprint density at radius 1 is 1.50 bits per heavy atom. The van der Waals surface area contributed by atoms with Crippen molar-refractivity contribution in [2.45, 2.75) is 19.4 Å². The molecule has 1 amide bonds. The first-order chi connectivity index (χ1) is 4.77. The summed E-state index contributed by atoms with van der Waals surface area (Å²) >= 11 is 0. The van der Waals surface area contributed by atoms with Crippen LogP contribution in [0.25, 0.3) is 0 Å². The monoisotopic (exact) mass is 141 g/mol. The molecule has 1 rings (SSSR count). The summed E-state index contributed by atoms with van der Waals surface area (Å²) in [4.78, 5) is 22.2. The molecule has 2 atom stereocenters. The minimum absolute atomic E-state index is 0.160. The van der Waals surface area contributed by atoms with Gasteiger partial charge in [-0.1, -0.05) is 6.92 Å². The van der Waals surface area contributed by atoms with Crippen LogP contribution < -0.4 is 0 Å². The second-order valence-electron chi connectivity index (χ2n) is 2.85. The van der Waals surface area contributed by atoms with Crippen molar-refractivity contribution in [1.29, 1.82) is 0 Å². The largest absolute Gasteiger partial charge is 0.335 e. The molecule has 0 aromatic heterocycles. The van der Waals surface area contributed by atoms with E-state index in [4.69, 9.17) is 0 Å².